The molecule has 1 aliphatic carbocycles. The van der Waals surface area contributed by atoms with Gasteiger partial charge in [0.25, 0.3) is 0 Å². The quantitative estimate of drug-likeness (QED) is 0.860. The van der Waals surface area contributed by atoms with E-state index >= 15 is 0 Å². The van der Waals surface area contributed by atoms with Crippen LogP contribution in [0.2, 0.25) is 0 Å². The van der Waals surface area contributed by atoms with Crippen LogP contribution >= 0.6 is 0 Å². The van der Waals surface area contributed by atoms with Crippen molar-refractivity contribution in [1.82, 2.24) is 4.90 Å². The van der Waals surface area contributed by atoms with Crippen molar-refractivity contribution in [3.8, 4) is 0 Å². The molecule has 3 unspecified atom stereocenters. The molecule has 2 aliphatic rings. The lowest BCUT2D eigenvalue weighted by Crippen LogP contribution is -2.38. The van der Waals surface area contributed by atoms with Gasteiger partial charge in [-0.1, -0.05) is 26.3 Å². The summed E-state index contributed by atoms with van der Waals surface area (Å²) in [6.45, 7) is 5.34. The largest absolute Gasteiger partial charge is 0.349 e. The van der Waals surface area contributed by atoms with Crippen molar-refractivity contribution in [2.45, 2.75) is 45.7 Å². The molecule has 1 N–H and O–H groups in total. The predicted molar refractivity (Wildman–Crippen MR) is 74.7 cm³/mol. The van der Waals surface area contributed by atoms with Crippen LogP contribution in [0.15, 0.2) is 18.2 Å². The fraction of sp³-hybridized carbons (Fsp3) is 0.562. The smallest absolute Gasteiger partial charge is 0.129 e. The SMILES string of the molecule is CCC1CCC(N2Cc3ccc(F)cc3C2=N)C1C. The Morgan fingerprint density at radius 3 is 2.84 bits per heavy atom. The van der Waals surface area contributed by atoms with Gasteiger partial charge < -0.3 is 4.90 Å². The van der Waals surface area contributed by atoms with Crippen LogP contribution in [0.1, 0.15) is 44.2 Å². The molecule has 0 spiro atoms. The van der Waals surface area contributed by atoms with Gasteiger partial charge in [-0.05, 0) is 42.4 Å². The van der Waals surface area contributed by atoms with Crippen molar-refractivity contribution >= 4 is 5.84 Å². The lowest BCUT2D eigenvalue weighted by Gasteiger charge is -2.30. The van der Waals surface area contributed by atoms with Crippen LogP contribution in [0.5, 0.6) is 0 Å². The molecule has 0 saturated heterocycles. The van der Waals surface area contributed by atoms with Gasteiger partial charge >= 0.3 is 0 Å². The number of nitrogens with zero attached hydrogens (tertiary/aromatic N) is 1. The van der Waals surface area contributed by atoms with E-state index in [0.717, 1.165) is 23.6 Å². The van der Waals surface area contributed by atoms with E-state index in [-0.39, 0.29) is 5.82 Å². The van der Waals surface area contributed by atoms with Gasteiger partial charge in [-0.15, -0.1) is 0 Å². The van der Waals surface area contributed by atoms with Crippen molar-refractivity contribution in [3.63, 3.8) is 0 Å². The number of benzene rings is 1. The van der Waals surface area contributed by atoms with E-state index in [1.54, 1.807) is 0 Å². The van der Waals surface area contributed by atoms with Gasteiger partial charge in [-0.25, -0.2) is 4.39 Å². The van der Waals surface area contributed by atoms with E-state index < -0.39 is 0 Å². The number of amidine groups is 1. The number of hydrogen-bond donors (Lipinski definition) is 1. The Balaban J connectivity index is 1.84. The monoisotopic (exact) mass is 260 g/mol. The zero-order valence-electron chi connectivity index (χ0n) is 11.6. The van der Waals surface area contributed by atoms with Crippen molar-refractivity contribution < 1.29 is 4.39 Å². The Morgan fingerprint density at radius 2 is 2.16 bits per heavy atom. The summed E-state index contributed by atoms with van der Waals surface area (Å²) in [5.74, 6) is 1.68. The van der Waals surface area contributed by atoms with Gasteiger partial charge in [0.2, 0.25) is 0 Å². The van der Waals surface area contributed by atoms with Crippen molar-refractivity contribution in [2.75, 3.05) is 0 Å². The second kappa shape index (κ2) is 4.62. The van der Waals surface area contributed by atoms with E-state index in [4.69, 9.17) is 5.41 Å². The summed E-state index contributed by atoms with van der Waals surface area (Å²) in [4.78, 5) is 2.18. The van der Waals surface area contributed by atoms with Crippen molar-refractivity contribution in [1.29, 1.82) is 5.41 Å². The third-order valence-corrected chi connectivity index (χ3v) is 5.06. The van der Waals surface area contributed by atoms with Gasteiger partial charge in [-0.2, -0.15) is 0 Å². The van der Waals surface area contributed by atoms with Gasteiger partial charge in [0.1, 0.15) is 11.7 Å². The predicted octanol–water partition coefficient (Wildman–Crippen LogP) is 3.79. The number of nitrogens with one attached hydrogen (secondary N) is 1. The summed E-state index contributed by atoms with van der Waals surface area (Å²) >= 11 is 0. The molecule has 3 rings (SSSR count). The lowest BCUT2D eigenvalue weighted by atomic mass is 9.93. The Kier molecular flexibility index (Phi) is 3.08. The standard InChI is InChI=1S/C16H21FN2/c1-3-11-5-7-15(10(11)2)19-9-12-4-6-13(17)8-14(12)16(19)18/h4,6,8,10-11,15,18H,3,5,7,9H2,1-2H3. The van der Waals surface area contributed by atoms with Crippen LogP contribution in [-0.4, -0.2) is 16.8 Å². The van der Waals surface area contributed by atoms with Crippen LogP contribution in [0.3, 0.4) is 0 Å². The van der Waals surface area contributed by atoms with Gasteiger partial charge in [0.15, 0.2) is 0 Å². The Hall–Kier alpha value is -1.38. The van der Waals surface area contributed by atoms with Crippen molar-refractivity contribution in [2.24, 2.45) is 11.8 Å². The molecule has 1 saturated carbocycles. The molecule has 102 valence electrons. The fourth-order valence-electron chi connectivity index (χ4n) is 3.85. The van der Waals surface area contributed by atoms with Gasteiger partial charge in [-0.3, -0.25) is 5.41 Å². The van der Waals surface area contributed by atoms with Crippen LogP contribution < -0.4 is 0 Å². The maximum absolute atomic E-state index is 13.3. The van der Waals surface area contributed by atoms with Crippen LogP contribution in [0, 0.1) is 23.1 Å². The zero-order chi connectivity index (χ0) is 13.6. The first-order chi connectivity index (χ1) is 9.11. The van der Waals surface area contributed by atoms with Gasteiger partial charge in [0.05, 0.1) is 0 Å². The highest BCUT2D eigenvalue weighted by atomic mass is 19.1. The average Bonchev–Trinajstić information content (AvgIpc) is 2.91. The Morgan fingerprint density at radius 1 is 1.37 bits per heavy atom. The molecule has 2 nitrogen and oxygen atoms in total. The summed E-state index contributed by atoms with van der Waals surface area (Å²) in [5.41, 5.74) is 1.88. The number of halogens is 1. The summed E-state index contributed by atoms with van der Waals surface area (Å²) in [6, 6.07) is 5.29. The molecule has 1 aromatic carbocycles. The second-order valence-electron chi connectivity index (χ2n) is 5.95. The molecule has 0 aromatic heterocycles. The Labute approximate surface area is 114 Å². The zero-order valence-corrected chi connectivity index (χ0v) is 11.6. The third kappa shape index (κ3) is 1.96. The number of rotatable bonds is 2. The summed E-state index contributed by atoms with van der Waals surface area (Å²) in [6.07, 6.45) is 3.65. The maximum atomic E-state index is 13.3. The highest BCUT2D eigenvalue weighted by molar-refractivity contribution is 6.00. The van der Waals surface area contributed by atoms with E-state index in [1.165, 1.54) is 31.4 Å². The molecule has 3 atom stereocenters. The van der Waals surface area contributed by atoms with E-state index in [2.05, 4.69) is 18.7 Å². The lowest BCUT2D eigenvalue weighted by molar-refractivity contribution is 0.239. The molecule has 19 heavy (non-hydrogen) atoms. The van der Waals surface area contributed by atoms with Gasteiger partial charge in [0, 0.05) is 18.2 Å². The molecule has 0 bridgehead atoms. The molecule has 1 heterocycles. The topological polar surface area (TPSA) is 27.1 Å². The molecule has 1 fully saturated rings. The maximum Gasteiger partial charge on any atom is 0.129 e. The summed E-state index contributed by atoms with van der Waals surface area (Å²) < 4.78 is 13.3. The molecular weight excluding hydrogens is 239 g/mol. The fourth-order valence-corrected chi connectivity index (χ4v) is 3.85. The van der Waals surface area contributed by atoms with E-state index in [1.807, 2.05) is 6.07 Å². The Bertz CT molecular complexity index is 511. The second-order valence-corrected chi connectivity index (χ2v) is 5.95. The average molecular weight is 260 g/mol. The number of hydrogen-bond acceptors (Lipinski definition) is 1. The van der Waals surface area contributed by atoms with E-state index in [0.29, 0.717) is 17.8 Å². The van der Waals surface area contributed by atoms with E-state index in [9.17, 15) is 4.39 Å². The van der Waals surface area contributed by atoms with Crippen LogP contribution in [0.25, 0.3) is 0 Å². The third-order valence-electron chi connectivity index (χ3n) is 5.06. The summed E-state index contributed by atoms with van der Waals surface area (Å²) in [7, 11) is 0. The highest BCUT2D eigenvalue weighted by Gasteiger charge is 2.39. The first kappa shape index (κ1) is 12.6. The minimum absolute atomic E-state index is 0.240. The minimum atomic E-state index is -0.240. The first-order valence-corrected chi connectivity index (χ1v) is 7.25. The highest BCUT2D eigenvalue weighted by Crippen LogP contribution is 2.40. The van der Waals surface area contributed by atoms with Crippen LogP contribution in [-0.2, 0) is 6.54 Å². The molecular formula is C16H21FN2. The normalized spacial score (nSPS) is 29.9. The molecule has 0 radical (unpaired) electrons. The first-order valence-electron chi connectivity index (χ1n) is 7.25. The molecule has 0 amide bonds. The van der Waals surface area contributed by atoms with Crippen LogP contribution in [0.4, 0.5) is 4.39 Å². The molecule has 1 aliphatic heterocycles. The number of fused-ring (bicyclic) bond motifs is 1. The van der Waals surface area contributed by atoms with Crippen molar-refractivity contribution in [3.05, 3.63) is 35.1 Å². The summed E-state index contributed by atoms with van der Waals surface area (Å²) in [5, 5.41) is 8.32. The minimum Gasteiger partial charge on any atom is -0.349 e. The molecule has 3 heteroatoms. The molecule has 1 aromatic rings.